The summed E-state index contributed by atoms with van der Waals surface area (Å²) in [6, 6.07) is 5.38. The smallest absolute Gasteiger partial charge is 0.257 e. The molecule has 6 nitrogen and oxygen atoms in total. The molecule has 2 aliphatic rings. The number of aliphatic hydroxyl groups is 1. The van der Waals surface area contributed by atoms with Crippen LogP contribution in [0, 0.1) is 0 Å². The van der Waals surface area contributed by atoms with Gasteiger partial charge in [0.1, 0.15) is 11.5 Å². The minimum atomic E-state index is -1.39. The fourth-order valence-electron chi connectivity index (χ4n) is 2.50. The Hall–Kier alpha value is -1.79. The van der Waals surface area contributed by atoms with Gasteiger partial charge in [-0.05, 0) is 25.1 Å². The molecule has 114 valence electrons. The molecule has 0 spiro atoms. The summed E-state index contributed by atoms with van der Waals surface area (Å²) in [5, 5.41) is 12.9. The van der Waals surface area contributed by atoms with Gasteiger partial charge in [0.15, 0.2) is 5.60 Å². The summed E-state index contributed by atoms with van der Waals surface area (Å²) in [4.78, 5) is 12.1. The van der Waals surface area contributed by atoms with E-state index in [0.717, 1.165) is 17.1 Å². The lowest BCUT2D eigenvalue weighted by Crippen LogP contribution is -2.60. The van der Waals surface area contributed by atoms with Gasteiger partial charge in [0.2, 0.25) is 0 Å². The van der Waals surface area contributed by atoms with Crippen LogP contribution in [0.4, 0.5) is 0 Å². The van der Waals surface area contributed by atoms with Gasteiger partial charge in [-0.3, -0.25) is 4.79 Å². The van der Waals surface area contributed by atoms with E-state index in [2.05, 4.69) is 5.32 Å². The number of amides is 1. The zero-order valence-corrected chi connectivity index (χ0v) is 11.9. The third-order valence-electron chi connectivity index (χ3n) is 3.74. The first-order chi connectivity index (χ1) is 10.1. The SMILES string of the molecule is CCOc1ccc2c(c1)C(NC(=O)C1(O)COC1)CCO2. The van der Waals surface area contributed by atoms with E-state index in [1.54, 1.807) is 0 Å². The molecule has 0 aromatic heterocycles. The summed E-state index contributed by atoms with van der Waals surface area (Å²) < 4.78 is 16.0. The van der Waals surface area contributed by atoms with Crippen molar-refractivity contribution in [3.05, 3.63) is 23.8 Å². The molecule has 1 aromatic rings. The molecule has 3 rings (SSSR count). The molecule has 1 atom stereocenters. The van der Waals surface area contributed by atoms with Crippen molar-refractivity contribution in [1.82, 2.24) is 5.32 Å². The summed E-state index contributed by atoms with van der Waals surface area (Å²) in [6.45, 7) is 3.12. The molecule has 2 N–H and O–H groups in total. The highest BCUT2D eigenvalue weighted by atomic mass is 16.5. The van der Waals surface area contributed by atoms with Crippen LogP contribution in [0.1, 0.15) is 24.9 Å². The Bertz CT molecular complexity index is 541. The lowest BCUT2D eigenvalue weighted by molar-refractivity contribution is -0.191. The number of hydrogen-bond acceptors (Lipinski definition) is 5. The number of nitrogens with one attached hydrogen (secondary N) is 1. The summed E-state index contributed by atoms with van der Waals surface area (Å²) in [7, 11) is 0. The molecule has 0 aliphatic carbocycles. The van der Waals surface area contributed by atoms with Gasteiger partial charge in [-0.1, -0.05) is 0 Å². The molecule has 1 fully saturated rings. The molecule has 0 bridgehead atoms. The molecule has 2 aliphatic heterocycles. The predicted molar refractivity (Wildman–Crippen MR) is 74.4 cm³/mol. The van der Waals surface area contributed by atoms with Crippen molar-refractivity contribution in [2.75, 3.05) is 26.4 Å². The normalized spacial score (nSPS) is 22.5. The zero-order chi connectivity index (χ0) is 14.9. The first-order valence-corrected chi connectivity index (χ1v) is 7.13. The Morgan fingerprint density at radius 3 is 3.00 bits per heavy atom. The van der Waals surface area contributed by atoms with Gasteiger partial charge >= 0.3 is 0 Å². The molecular weight excluding hydrogens is 274 g/mol. The maximum absolute atomic E-state index is 12.1. The fraction of sp³-hybridized carbons (Fsp3) is 0.533. The van der Waals surface area contributed by atoms with E-state index in [9.17, 15) is 9.90 Å². The summed E-state index contributed by atoms with van der Waals surface area (Å²) >= 11 is 0. The van der Waals surface area contributed by atoms with Crippen LogP contribution >= 0.6 is 0 Å². The Morgan fingerprint density at radius 1 is 1.52 bits per heavy atom. The number of fused-ring (bicyclic) bond motifs is 1. The monoisotopic (exact) mass is 293 g/mol. The standard InChI is InChI=1S/C15H19NO5/c1-2-20-10-3-4-13-11(7-10)12(5-6-21-13)16-14(17)15(18)8-19-9-15/h3-4,7,12,18H,2,5-6,8-9H2,1H3,(H,16,17). The van der Waals surface area contributed by atoms with E-state index in [0.29, 0.717) is 19.6 Å². The Morgan fingerprint density at radius 2 is 2.33 bits per heavy atom. The second-order valence-corrected chi connectivity index (χ2v) is 5.32. The number of rotatable bonds is 4. The van der Waals surface area contributed by atoms with E-state index >= 15 is 0 Å². The third kappa shape index (κ3) is 2.69. The van der Waals surface area contributed by atoms with Crippen molar-refractivity contribution in [2.24, 2.45) is 0 Å². The summed E-state index contributed by atoms with van der Waals surface area (Å²) in [5.41, 5.74) is -0.514. The van der Waals surface area contributed by atoms with Crippen LogP contribution in [0.15, 0.2) is 18.2 Å². The van der Waals surface area contributed by atoms with E-state index in [4.69, 9.17) is 14.2 Å². The third-order valence-corrected chi connectivity index (χ3v) is 3.74. The highest BCUT2D eigenvalue weighted by Crippen LogP contribution is 2.35. The molecule has 1 aromatic carbocycles. The molecule has 6 heteroatoms. The van der Waals surface area contributed by atoms with Gasteiger partial charge in [-0.15, -0.1) is 0 Å². The molecule has 0 radical (unpaired) electrons. The van der Waals surface area contributed by atoms with Gasteiger partial charge in [0.05, 0.1) is 32.5 Å². The highest BCUT2D eigenvalue weighted by molar-refractivity contribution is 5.86. The number of carbonyl (C=O) groups is 1. The van der Waals surface area contributed by atoms with Crippen LogP contribution in [0.2, 0.25) is 0 Å². The summed E-state index contributed by atoms with van der Waals surface area (Å²) in [5.74, 6) is 1.09. The van der Waals surface area contributed by atoms with Crippen molar-refractivity contribution in [3.63, 3.8) is 0 Å². The number of benzene rings is 1. The molecule has 21 heavy (non-hydrogen) atoms. The zero-order valence-electron chi connectivity index (χ0n) is 11.9. The Kier molecular flexibility index (Phi) is 3.73. The van der Waals surface area contributed by atoms with Crippen LogP contribution in [-0.4, -0.2) is 43.0 Å². The topological polar surface area (TPSA) is 77.0 Å². The molecule has 0 saturated carbocycles. The van der Waals surface area contributed by atoms with Crippen LogP contribution in [0.25, 0.3) is 0 Å². The van der Waals surface area contributed by atoms with Crippen LogP contribution in [0.3, 0.4) is 0 Å². The largest absolute Gasteiger partial charge is 0.494 e. The van der Waals surface area contributed by atoms with Gasteiger partial charge in [0.25, 0.3) is 5.91 Å². The number of carbonyl (C=O) groups excluding carboxylic acids is 1. The van der Waals surface area contributed by atoms with Crippen molar-refractivity contribution in [1.29, 1.82) is 0 Å². The molecule has 1 amide bonds. The van der Waals surface area contributed by atoms with E-state index in [-0.39, 0.29) is 19.3 Å². The van der Waals surface area contributed by atoms with Gasteiger partial charge < -0.3 is 24.6 Å². The van der Waals surface area contributed by atoms with Gasteiger partial charge in [-0.2, -0.15) is 0 Å². The molecular formula is C15H19NO5. The predicted octanol–water partition coefficient (Wildman–Crippen LogP) is 0.786. The first-order valence-electron chi connectivity index (χ1n) is 7.13. The van der Waals surface area contributed by atoms with Crippen molar-refractivity contribution in [3.8, 4) is 11.5 Å². The van der Waals surface area contributed by atoms with Crippen LogP contribution in [-0.2, 0) is 9.53 Å². The van der Waals surface area contributed by atoms with Crippen molar-refractivity contribution in [2.45, 2.75) is 25.0 Å². The second kappa shape index (κ2) is 5.54. The number of ether oxygens (including phenoxy) is 3. The van der Waals surface area contributed by atoms with E-state index in [1.807, 2.05) is 25.1 Å². The van der Waals surface area contributed by atoms with E-state index < -0.39 is 11.5 Å². The minimum absolute atomic E-state index is 0.0495. The van der Waals surface area contributed by atoms with Crippen LogP contribution < -0.4 is 14.8 Å². The molecule has 2 heterocycles. The first kappa shape index (κ1) is 14.2. The van der Waals surface area contributed by atoms with E-state index in [1.165, 1.54) is 0 Å². The summed E-state index contributed by atoms with van der Waals surface area (Å²) in [6.07, 6.45) is 0.658. The maximum atomic E-state index is 12.1. The Balaban J connectivity index is 1.78. The van der Waals surface area contributed by atoms with Gasteiger partial charge in [-0.25, -0.2) is 0 Å². The van der Waals surface area contributed by atoms with Crippen molar-refractivity contribution < 1.29 is 24.1 Å². The maximum Gasteiger partial charge on any atom is 0.257 e. The highest BCUT2D eigenvalue weighted by Gasteiger charge is 2.45. The molecule has 1 saturated heterocycles. The minimum Gasteiger partial charge on any atom is -0.494 e. The second-order valence-electron chi connectivity index (χ2n) is 5.32. The quantitative estimate of drug-likeness (QED) is 0.858. The molecule has 1 unspecified atom stereocenters. The van der Waals surface area contributed by atoms with Crippen molar-refractivity contribution >= 4 is 5.91 Å². The Labute approximate surface area is 123 Å². The lowest BCUT2D eigenvalue weighted by Gasteiger charge is -2.36. The lowest BCUT2D eigenvalue weighted by atomic mass is 9.96. The van der Waals surface area contributed by atoms with Gasteiger partial charge in [0, 0.05) is 12.0 Å². The average Bonchev–Trinajstić information content (AvgIpc) is 2.45. The number of hydrogen-bond donors (Lipinski definition) is 2. The average molecular weight is 293 g/mol. The van der Waals surface area contributed by atoms with Crippen LogP contribution in [0.5, 0.6) is 11.5 Å². The fourth-order valence-corrected chi connectivity index (χ4v) is 2.50.